The van der Waals surface area contributed by atoms with Crippen molar-refractivity contribution in [3.05, 3.63) is 30.2 Å². The van der Waals surface area contributed by atoms with Gasteiger partial charge in [0.15, 0.2) is 0 Å². The highest BCUT2D eigenvalue weighted by atomic mass is 16.5. The molecule has 5 nitrogen and oxygen atoms in total. The Labute approximate surface area is 98.6 Å². The molecule has 17 heavy (non-hydrogen) atoms. The predicted molar refractivity (Wildman–Crippen MR) is 60.2 cm³/mol. The molecule has 0 saturated heterocycles. The van der Waals surface area contributed by atoms with Gasteiger partial charge in [-0.1, -0.05) is 17.3 Å². The Hall–Kier alpha value is -2.35. The van der Waals surface area contributed by atoms with Crippen LogP contribution in [-0.4, -0.2) is 16.7 Å². The van der Waals surface area contributed by atoms with Crippen molar-refractivity contribution in [2.75, 3.05) is 6.61 Å². The SMILES string of the molecule is CCOc1cccc(-c2noc(CC#N)n2)c1. The minimum atomic E-state index is 0.123. The average Bonchev–Trinajstić information content (AvgIpc) is 2.79. The number of hydrogen-bond donors (Lipinski definition) is 0. The molecule has 1 heterocycles. The molecule has 5 heteroatoms. The summed E-state index contributed by atoms with van der Waals surface area (Å²) in [5, 5.41) is 12.3. The maximum Gasteiger partial charge on any atom is 0.241 e. The van der Waals surface area contributed by atoms with Gasteiger partial charge in [0.25, 0.3) is 0 Å². The quantitative estimate of drug-likeness (QED) is 0.803. The van der Waals surface area contributed by atoms with Crippen LogP contribution in [0.15, 0.2) is 28.8 Å². The molecule has 2 aromatic rings. The van der Waals surface area contributed by atoms with Crippen molar-refractivity contribution in [1.82, 2.24) is 10.1 Å². The number of ether oxygens (including phenoxy) is 1. The molecule has 86 valence electrons. The standard InChI is InChI=1S/C12H11N3O2/c1-2-16-10-5-3-4-9(8-10)12-14-11(6-7-13)17-15-12/h3-5,8H,2,6H2,1H3. The number of nitriles is 1. The minimum Gasteiger partial charge on any atom is -0.494 e. The zero-order chi connectivity index (χ0) is 12.1. The topological polar surface area (TPSA) is 71.9 Å². The fraction of sp³-hybridized carbons (Fsp3) is 0.250. The van der Waals surface area contributed by atoms with Crippen LogP contribution < -0.4 is 4.74 Å². The lowest BCUT2D eigenvalue weighted by molar-refractivity contribution is 0.340. The van der Waals surface area contributed by atoms with Crippen LogP contribution in [0.25, 0.3) is 11.4 Å². The summed E-state index contributed by atoms with van der Waals surface area (Å²) in [4.78, 5) is 4.12. The summed E-state index contributed by atoms with van der Waals surface area (Å²) in [5.41, 5.74) is 0.809. The summed E-state index contributed by atoms with van der Waals surface area (Å²) in [7, 11) is 0. The summed E-state index contributed by atoms with van der Waals surface area (Å²) in [5.74, 6) is 1.55. The van der Waals surface area contributed by atoms with Crippen molar-refractivity contribution in [2.45, 2.75) is 13.3 Å². The van der Waals surface area contributed by atoms with Crippen LogP contribution in [0.2, 0.25) is 0 Å². The van der Waals surface area contributed by atoms with Crippen molar-refractivity contribution in [3.8, 4) is 23.2 Å². The van der Waals surface area contributed by atoms with Crippen molar-refractivity contribution in [2.24, 2.45) is 0 Å². The van der Waals surface area contributed by atoms with Crippen molar-refractivity contribution in [1.29, 1.82) is 5.26 Å². The van der Waals surface area contributed by atoms with Crippen LogP contribution in [0.5, 0.6) is 5.75 Å². The summed E-state index contributed by atoms with van der Waals surface area (Å²) in [6.45, 7) is 2.53. The lowest BCUT2D eigenvalue weighted by atomic mass is 10.2. The van der Waals surface area contributed by atoms with Gasteiger partial charge in [-0.05, 0) is 19.1 Å². The van der Waals surface area contributed by atoms with E-state index in [0.717, 1.165) is 11.3 Å². The van der Waals surface area contributed by atoms with E-state index >= 15 is 0 Å². The van der Waals surface area contributed by atoms with Crippen LogP contribution in [0.1, 0.15) is 12.8 Å². The van der Waals surface area contributed by atoms with Crippen molar-refractivity contribution < 1.29 is 9.26 Å². The molecular formula is C12H11N3O2. The maximum absolute atomic E-state index is 8.52. The molecule has 0 saturated carbocycles. The van der Waals surface area contributed by atoms with E-state index in [1.807, 2.05) is 37.3 Å². The number of hydrogen-bond acceptors (Lipinski definition) is 5. The molecule has 0 aliphatic rings. The molecule has 0 aliphatic heterocycles. The fourth-order valence-electron chi connectivity index (χ4n) is 1.40. The zero-order valence-electron chi connectivity index (χ0n) is 9.38. The Morgan fingerprint density at radius 3 is 3.12 bits per heavy atom. The van der Waals surface area contributed by atoms with E-state index < -0.39 is 0 Å². The summed E-state index contributed by atoms with van der Waals surface area (Å²) >= 11 is 0. The van der Waals surface area contributed by atoms with Crippen molar-refractivity contribution >= 4 is 0 Å². The van der Waals surface area contributed by atoms with Gasteiger partial charge in [-0.2, -0.15) is 10.2 Å². The van der Waals surface area contributed by atoms with Crippen LogP contribution in [0.4, 0.5) is 0 Å². The largest absolute Gasteiger partial charge is 0.494 e. The second kappa shape index (κ2) is 5.12. The van der Waals surface area contributed by atoms with E-state index in [1.54, 1.807) is 0 Å². The first-order valence-electron chi connectivity index (χ1n) is 5.26. The number of aromatic nitrogens is 2. The van der Waals surface area contributed by atoms with E-state index in [9.17, 15) is 0 Å². The molecule has 0 unspecified atom stereocenters. The molecule has 1 aromatic heterocycles. The van der Waals surface area contributed by atoms with Crippen LogP contribution in [0.3, 0.4) is 0 Å². The predicted octanol–water partition coefficient (Wildman–Crippen LogP) is 2.20. The van der Waals surface area contributed by atoms with Crippen LogP contribution >= 0.6 is 0 Å². The third kappa shape index (κ3) is 2.61. The molecule has 0 amide bonds. The Morgan fingerprint density at radius 1 is 1.47 bits per heavy atom. The Kier molecular flexibility index (Phi) is 3.36. The van der Waals surface area contributed by atoms with Gasteiger partial charge >= 0.3 is 0 Å². The fourth-order valence-corrected chi connectivity index (χ4v) is 1.40. The summed E-state index contributed by atoms with van der Waals surface area (Å²) in [6, 6.07) is 9.39. The second-order valence-electron chi connectivity index (χ2n) is 3.31. The van der Waals surface area contributed by atoms with E-state index in [2.05, 4.69) is 10.1 Å². The van der Waals surface area contributed by atoms with Gasteiger partial charge in [0.2, 0.25) is 11.7 Å². The number of benzene rings is 1. The molecule has 0 aliphatic carbocycles. The summed E-state index contributed by atoms with van der Waals surface area (Å²) in [6.07, 6.45) is 0.123. The number of nitrogens with zero attached hydrogens (tertiary/aromatic N) is 3. The van der Waals surface area contributed by atoms with E-state index in [1.165, 1.54) is 0 Å². The molecule has 2 rings (SSSR count). The Balaban J connectivity index is 2.26. The monoisotopic (exact) mass is 229 g/mol. The molecular weight excluding hydrogens is 218 g/mol. The van der Waals surface area contributed by atoms with Gasteiger partial charge in [-0.15, -0.1) is 0 Å². The maximum atomic E-state index is 8.52. The van der Waals surface area contributed by atoms with Crippen LogP contribution in [-0.2, 0) is 6.42 Å². The molecule has 0 fully saturated rings. The molecule has 0 bridgehead atoms. The zero-order valence-corrected chi connectivity index (χ0v) is 9.38. The lowest BCUT2D eigenvalue weighted by Crippen LogP contribution is -1.91. The van der Waals surface area contributed by atoms with Gasteiger partial charge in [0.05, 0.1) is 12.7 Å². The molecule has 0 N–H and O–H groups in total. The first kappa shape index (κ1) is 11.1. The first-order chi connectivity index (χ1) is 8.33. The second-order valence-corrected chi connectivity index (χ2v) is 3.31. The third-order valence-electron chi connectivity index (χ3n) is 2.10. The van der Waals surface area contributed by atoms with Crippen LogP contribution in [0, 0.1) is 11.3 Å². The average molecular weight is 229 g/mol. The lowest BCUT2D eigenvalue weighted by Gasteiger charge is -2.02. The van der Waals surface area contributed by atoms with E-state index in [-0.39, 0.29) is 6.42 Å². The van der Waals surface area contributed by atoms with E-state index in [0.29, 0.717) is 18.3 Å². The Bertz CT molecular complexity index is 543. The first-order valence-corrected chi connectivity index (χ1v) is 5.26. The highest BCUT2D eigenvalue weighted by molar-refractivity contribution is 5.56. The van der Waals surface area contributed by atoms with Gasteiger partial charge < -0.3 is 9.26 Å². The highest BCUT2D eigenvalue weighted by Crippen LogP contribution is 2.21. The van der Waals surface area contributed by atoms with Gasteiger partial charge in [0, 0.05) is 5.56 Å². The van der Waals surface area contributed by atoms with Gasteiger partial charge in [-0.3, -0.25) is 0 Å². The molecule has 0 atom stereocenters. The minimum absolute atomic E-state index is 0.123. The molecule has 1 aromatic carbocycles. The highest BCUT2D eigenvalue weighted by Gasteiger charge is 2.08. The smallest absolute Gasteiger partial charge is 0.241 e. The normalized spacial score (nSPS) is 9.88. The van der Waals surface area contributed by atoms with Crippen molar-refractivity contribution in [3.63, 3.8) is 0 Å². The summed E-state index contributed by atoms with van der Waals surface area (Å²) < 4.78 is 10.3. The Morgan fingerprint density at radius 2 is 2.35 bits per heavy atom. The van der Waals surface area contributed by atoms with E-state index in [4.69, 9.17) is 14.5 Å². The molecule has 0 spiro atoms. The number of rotatable bonds is 4. The van der Waals surface area contributed by atoms with Gasteiger partial charge in [0.1, 0.15) is 12.2 Å². The van der Waals surface area contributed by atoms with Gasteiger partial charge in [-0.25, -0.2) is 0 Å². The third-order valence-corrected chi connectivity index (χ3v) is 2.10. The molecule has 0 radical (unpaired) electrons.